The Bertz CT molecular complexity index is 1620. The lowest BCUT2D eigenvalue weighted by atomic mass is 10.0. The van der Waals surface area contributed by atoms with Gasteiger partial charge in [0.25, 0.3) is 21.6 Å². The van der Waals surface area contributed by atoms with Crippen molar-refractivity contribution in [1.82, 2.24) is 9.71 Å². The van der Waals surface area contributed by atoms with Gasteiger partial charge in [0.1, 0.15) is 17.2 Å². The number of H-pyrrole nitrogens is 1. The van der Waals surface area contributed by atoms with E-state index in [0.717, 1.165) is 23.0 Å². The molecule has 0 unspecified atom stereocenters. The zero-order valence-corrected chi connectivity index (χ0v) is 22.1. The van der Waals surface area contributed by atoms with Gasteiger partial charge in [0.15, 0.2) is 0 Å². The van der Waals surface area contributed by atoms with Crippen LogP contribution in [0.1, 0.15) is 30.6 Å². The second-order valence-corrected chi connectivity index (χ2v) is 11.0. The number of nitro benzene ring substituents is 1. The molecular weight excluding hydrogens is 524 g/mol. The van der Waals surface area contributed by atoms with Crippen LogP contribution in [0.15, 0.2) is 77.8 Å². The van der Waals surface area contributed by atoms with E-state index in [9.17, 15) is 28.4 Å². The Morgan fingerprint density at radius 2 is 1.87 bits per heavy atom. The number of sulfonamides is 1. The molecule has 0 spiro atoms. The van der Waals surface area contributed by atoms with Gasteiger partial charge in [0, 0.05) is 29.2 Å². The number of ether oxygens (including phenoxy) is 1. The molecule has 0 radical (unpaired) electrons. The molecule has 1 atom stereocenters. The molecule has 1 heterocycles. The van der Waals surface area contributed by atoms with E-state index in [0.29, 0.717) is 12.2 Å². The zero-order valence-electron chi connectivity index (χ0n) is 21.2. The normalized spacial score (nSPS) is 12.3. The van der Waals surface area contributed by atoms with Crippen LogP contribution in [-0.4, -0.2) is 42.0 Å². The number of aliphatic hydroxyl groups excluding tert-OH is 1. The molecule has 1 aromatic heterocycles. The van der Waals surface area contributed by atoms with Gasteiger partial charge in [0.05, 0.1) is 22.0 Å². The second-order valence-electron chi connectivity index (χ2n) is 9.35. The number of aliphatic hydroxyl groups is 1. The van der Waals surface area contributed by atoms with Crippen LogP contribution < -0.4 is 14.8 Å². The maximum Gasteiger partial charge on any atom is 0.293 e. The molecule has 0 saturated heterocycles. The van der Waals surface area contributed by atoms with Crippen LogP contribution in [0.2, 0.25) is 0 Å². The van der Waals surface area contributed by atoms with E-state index in [1.165, 1.54) is 18.2 Å². The Balaban J connectivity index is 1.57. The van der Waals surface area contributed by atoms with Gasteiger partial charge < -0.3 is 20.1 Å². The molecule has 39 heavy (non-hydrogen) atoms. The molecule has 4 aromatic rings. The highest BCUT2D eigenvalue weighted by molar-refractivity contribution is 7.90. The van der Waals surface area contributed by atoms with Gasteiger partial charge in [-0.1, -0.05) is 26.0 Å². The fourth-order valence-electron chi connectivity index (χ4n) is 4.12. The Labute approximate surface area is 225 Å². The predicted octanol–water partition coefficient (Wildman–Crippen LogP) is 4.81. The fraction of sp³-hybridized carbons (Fsp3) is 0.222. The van der Waals surface area contributed by atoms with Crippen LogP contribution in [0.3, 0.4) is 0 Å². The van der Waals surface area contributed by atoms with Gasteiger partial charge in [-0.2, -0.15) is 0 Å². The lowest BCUT2D eigenvalue weighted by Crippen LogP contribution is -2.31. The largest absolute Gasteiger partial charge is 0.457 e. The Morgan fingerprint density at radius 1 is 1.10 bits per heavy atom. The number of aromatic amines is 1. The smallest absolute Gasteiger partial charge is 0.293 e. The predicted molar refractivity (Wildman–Crippen MR) is 147 cm³/mol. The molecule has 0 aliphatic rings. The molecule has 4 rings (SSSR count). The third-order valence-corrected chi connectivity index (χ3v) is 7.25. The van der Waals surface area contributed by atoms with Crippen LogP contribution in [0.5, 0.6) is 11.5 Å². The Hall–Kier alpha value is -4.42. The lowest BCUT2D eigenvalue weighted by Gasteiger charge is -2.19. The first kappa shape index (κ1) is 27.6. The van der Waals surface area contributed by atoms with E-state index in [1.54, 1.807) is 30.5 Å². The number of nitrogens with one attached hydrogen (secondary N) is 3. The van der Waals surface area contributed by atoms with Crippen molar-refractivity contribution in [2.45, 2.75) is 31.2 Å². The van der Waals surface area contributed by atoms with E-state index in [-0.39, 0.29) is 29.5 Å². The number of aromatic nitrogens is 1. The summed E-state index contributed by atoms with van der Waals surface area (Å²) in [5.41, 5.74) is 0.420. The first-order chi connectivity index (χ1) is 18.6. The lowest BCUT2D eigenvalue weighted by molar-refractivity contribution is -0.384. The van der Waals surface area contributed by atoms with Crippen LogP contribution >= 0.6 is 0 Å². The van der Waals surface area contributed by atoms with Crippen molar-refractivity contribution in [3.63, 3.8) is 0 Å². The van der Waals surface area contributed by atoms with Gasteiger partial charge >= 0.3 is 0 Å². The summed E-state index contributed by atoms with van der Waals surface area (Å²) in [6.45, 7) is 3.63. The molecule has 11 nitrogen and oxygen atoms in total. The summed E-state index contributed by atoms with van der Waals surface area (Å²) in [7, 11) is -4.49. The van der Waals surface area contributed by atoms with Gasteiger partial charge in [-0.3, -0.25) is 14.9 Å². The fourth-order valence-corrected chi connectivity index (χ4v) is 5.11. The van der Waals surface area contributed by atoms with Crippen LogP contribution in [0.25, 0.3) is 10.9 Å². The average Bonchev–Trinajstić information content (AvgIpc) is 3.36. The second kappa shape index (κ2) is 11.5. The van der Waals surface area contributed by atoms with Crippen molar-refractivity contribution in [2.24, 2.45) is 5.92 Å². The first-order valence-corrected chi connectivity index (χ1v) is 13.6. The summed E-state index contributed by atoms with van der Waals surface area (Å²) in [6, 6.07) is 16.1. The average molecular weight is 553 g/mol. The molecule has 3 aromatic carbocycles. The Kier molecular flexibility index (Phi) is 8.17. The van der Waals surface area contributed by atoms with Crippen LogP contribution in [0, 0.1) is 16.0 Å². The van der Waals surface area contributed by atoms with E-state index < -0.39 is 37.5 Å². The minimum atomic E-state index is -4.49. The Morgan fingerprint density at radius 3 is 2.59 bits per heavy atom. The molecule has 1 amide bonds. The number of anilines is 1. The number of nitro groups is 1. The summed E-state index contributed by atoms with van der Waals surface area (Å²) < 4.78 is 34.0. The van der Waals surface area contributed by atoms with Crippen molar-refractivity contribution in [3.05, 3.63) is 88.6 Å². The third-order valence-electron chi connectivity index (χ3n) is 5.92. The summed E-state index contributed by atoms with van der Waals surface area (Å²) in [5.74, 6) is -0.171. The van der Waals surface area contributed by atoms with Gasteiger partial charge in [0.2, 0.25) is 0 Å². The molecule has 0 fully saturated rings. The van der Waals surface area contributed by atoms with E-state index in [1.807, 2.05) is 30.7 Å². The third kappa shape index (κ3) is 6.54. The number of carbonyl (C=O) groups excluding carboxylic acids is 1. The van der Waals surface area contributed by atoms with Crippen LogP contribution in [-0.2, 0) is 10.0 Å². The molecule has 0 saturated carbocycles. The summed E-state index contributed by atoms with van der Waals surface area (Å²) >= 11 is 0. The highest BCUT2D eigenvalue weighted by atomic mass is 32.2. The minimum absolute atomic E-state index is 0.0394. The number of benzene rings is 3. The maximum absolute atomic E-state index is 13.1. The number of nitrogens with zero attached hydrogens (tertiary/aromatic N) is 1. The summed E-state index contributed by atoms with van der Waals surface area (Å²) in [5, 5.41) is 25.1. The van der Waals surface area contributed by atoms with Gasteiger partial charge in [-0.25, -0.2) is 13.1 Å². The van der Waals surface area contributed by atoms with Crippen molar-refractivity contribution in [2.75, 3.05) is 11.9 Å². The number of fused-ring (bicyclic) bond motifs is 1. The number of carbonyl (C=O) groups is 1. The molecule has 0 aliphatic carbocycles. The zero-order chi connectivity index (χ0) is 28.2. The number of hydrogen-bond donors (Lipinski definition) is 4. The number of hydrogen-bond acceptors (Lipinski definition) is 8. The van der Waals surface area contributed by atoms with Crippen molar-refractivity contribution in [3.8, 4) is 11.5 Å². The number of rotatable bonds is 11. The quantitative estimate of drug-likeness (QED) is 0.152. The molecule has 0 bridgehead atoms. The molecule has 204 valence electrons. The number of amides is 1. The van der Waals surface area contributed by atoms with Gasteiger partial charge in [-0.15, -0.1) is 0 Å². The highest BCUT2D eigenvalue weighted by Crippen LogP contribution is 2.30. The van der Waals surface area contributed by atoms with Crippen molar-refractivity contribution < 1.29 is 28.0 Å². The minimum Gasteiger partial charge on any atom is -0.457 e. The van der Waals surface area contributed by atoms with Crippen molar-refractivity contribution in [1.29, 1.82) is 0 Å². The van der Waals surface area contributed by atoms with E-state index >= 15 is 0 Å². The highest BCUT2D eigenvalue weighted by Gasteiger charge is 2.26. The topological polar surface area (TPSA) is 164 Å². The SMILES string of the molecule is CC(C)C[C@@H](CO)Nc1ccc(S(=O)(=O)NC(=O)c2ccccc2Oc2ccc3[nH]ccc3c2)cc1[N+](=O)[O-]. The molecule has 0 aliphatic heterocycles. The monoisotopic (exact) mass is 552 g/mol. The van der Waals surface area contributed by atoms with Gasteiger partial charge in [-0.05, 0) is 60.9 Å². The maximum atomic E-state index is 13.1. The summed E-state index contributed by atoms with van der Waals surface area (Å²) in [6.07, 6.45) is 2.33. The van der Waals surface area contributed by atoms with E-state index in [4.69, 9.17) is 4.74 Å². The summed E-state index contributed by atoms with van der Waals surface area (Å²) in [4.78, 5) is 26.6. The van der Waals surface area contributed by atoms with E-state index in [2.05, 4.69) is 10.3 Å². The molecule has 4 N–H and O–H groups in total. The first-order valence-electron chi connectivity index (χ1n) is 12.1. The number of para-hydroxylation sites is 1. The van der Waals surface area contributed by atoms with Crippen LogP contribution in [0.4, 0.5) is 11.4 Å². The molecule has 12 heteroatoms. The standard InChI is InChI=1S/C27H28N4O7S/c1-17(2)13-19(16-32)29-24-10-8-21(15-25(24)31(34)35)39(36,37)30-27(33)22-5-3-4-6-26(22)38-20-7-9-23-18(14-20)11-12-28-23/h3-12,14-15,17,19,28-29,32H,13,16H2,1-2H3,(H,30,33)/t19-/m0/s1. The molecular formula is C27H28N4O7S. The van der Waals surface area contributed by atoms with Crippen molar-refractivity contribution >= 4 is 38.2 Å².